The van der Waals surface area contributed by atoms with Crippen molar-refractivity contribution in [3.63, 3.8) is 0 Å². The SMILES string of the molecule is COc1cccc2nc(C(C)C)nc(CC(F)C(F)CF)c12. The van der Waals surface area contributed by atoms with E-state index in [0.29, 0.717) is 28.2 Å². The summed E-state index contributed by atoms with van der Waals surface area (Å²) in [5, 5.41) is 0.545. The molecular formula is C16H19F3N2O. The van der Waals surface area contributed by atoms with Crippen LogP contribution in [0.2, 0.25) is 0 Å². The van der Waals surface area contributed by atoms with Gasteiger partial charge in [-0.2, -0.15) is 0 Å². The number of ether oxygens (including phenoxy) is 1. The van der Waals surface area contributed by atoms with E-state index in [2.05, 4.69) is 9.97 Å². The smallest absolute Gasteiger partial charge is 0.160 e. The largest absolute Gasteiger partial charge is 0.496 e. The maximum absolute atomic E-state index is 13.9. The number of rotatable bonds is 6. The fourth-order valence-corrected chi connectivity index (χ4v) is 2.23. The molecule has 6 heteroatoms. The van der Waals surface area contributed by atoms with E-state index in [1.807, 2.05) is 13.8 Å². The molecule has 0 saturated carbocycles. The van der Waals surface area contributed by atoms with Gasteiger partial charge in [-0.3, -0.25) is 0 Å². The quantitative estimate of drug-likeness (QED) is 0.810. The van der Waals surface area contributed by atoms with Crippen molar-refractivity contribution < 1.29 is 17.9 Å². The fourth-order valence-electron chi connectivity index (χ4n) is 2.23. The summed E-state index contributed by atoms with van der Waals surface area (Å²) in [6.07, 6.45) is -4.42. The third kappa shape index (κ3) is 3.31. The van der Waals surface area contributed by atoms with Gasteiger partial charge in [-0.05, 0) is 12.1 Å². The van der Waals surface area contributed by atoms with E-state index < -0.39 is 19.0 Å². The van der Waals surface area contributed by atoms with E-state index in [9.17, 15) is 13.2 Å². The average Bonchev–Trinajstić information content (AvgIpc) is 2.52. The number of fused-ring (bicyclic) bond motifs is 1. The molecule has 0 aliphatic rings. The summed E-state index contributed by atoms with van der Waals surface area (Å²) in [6, 6.07) is 5.25. The average molecular weight is 312 g/mol. The van der Waals surface area contributed by atoms with Crippen LogP contribution < -0.4 is 4.74 Å². The first-order valence-corrected chi connectivity index (χ1v) is 7.15. The molecule has 120 valence electrons. The van der Waals surface area contributed by atoms with Crippen LogP contribution in [0.1, 0.15) is 31.3 Å². The van der Waals surface area contributed by atoms with Crippen molar-refractivity contribution in [1.82, 2.24) is 9.97 Å². The van der Waals surface area contributed by atoms with E-state index in [4.69, 9.17) is 4.74 Å². The maximum atomic E-state index is 13.9. The molecule has 0 fully saturated rings. The summed E-state index contributed by atoms with van der Waals surface area (Å²) in [4.78, 5) is 8.78. The molecule has 0 bridgehead atoms. The van der Waals surface area contributed by atoms with Crippen LogP contribution in [0.15, 0.2) is 18.2 Å². The molecule has 2 aromatic rings. The summed E-state index contributed by atoms with van der Waals surface area (Å²) in [5.74, 6) is 1.07. The van der Waals surface area contributed by atoms with Gasteiger partial charge in [0.15, 0.2) is 6.17 Å². The molecule has 2 atom stereocenters. The molecule has 22 heavy (non-hydrogen) atoms. The third-order valence-corrected chi connectivity index (χ3v) is 3.44. The van der Waals surface area contributed by atoms with Crippen molar-refractivity contribution in [2.75, 3.05) is 13.8 Å². The van der Waals surface area contributed by atoms with Gasteiger partial charge in [0, 0.05) is 12.3 Å². The van der Waals surface area contributed by atoms with Crippen LogP contribution in [0, 0.1) is 0 Å². The molecule has 2 unspecified atom stereocenters. The number of methoxy groups -OCH3 is 1. The Labute approximate surface area is 127 Å². The Morgan fingerprint density at radius 1 is 1.14 bits per heavy atom. The lowest BCUT2D eigenvalue weighted by Crippen LogP contribution is -2.22. The summed E-state index contributed by atoms with van der Waals surface area (Å²) in [6.45, 7) is 2.48. The highest BCUT2D eigenvalue weighted by atomic mass is 19.2. The van der Waals surface area contributed by atoms with Gasteiger partial charge >= 0.3 is 0 Å². The van der Waals surface area contributed by atoms with Gasteiger partial charge in [0.2, 0.25) is 0 Å². The molecule has 1 aromatic carbocycles. The van der Waals surface area contributed by atoms with E-state index in [1.54, 1.807) is 18.2 Å². The van der Waals surface area contributed by atoms with E-state index in [-0.39, 0.29) is 12.3 Å². The van der Waals surface area contributed by atoms with Crippen molar-refractivity contribution in [2.24, 2.45) is 0 Å². The molecule has 0 radical (unpaired) electrons. The van der Waals surface area contributed by atoms with Gasteiger partial charge < -0.3 is 4.74 Å². The van der Waals surface area contributed by atoms with Crippen LogP contribution in [-0.2, 0) is 6.42 Å². The second-order valence-corrected chi connectivity index (χ2v) is 5.43. The van der Waals surface area contributed by atoms with Crippen LogP contribution in [0.3, 0.4) is 0 Å². The summed E-state index contributed by atoms with van der Waals surface area (Å²) < 4.78 is 44.7. The van der Waals surface area contributed by atoms with Gasteiger partial charge in [0.1, 0.15) is 24.4 Å². The van der Waals surface area contributed by atoms with Crippen LogP contribution in [0.5, 0.6) is 5.75 Å². The van der Waals surface area contributed by atoms with Crippen LogP contribution in [0.25, 0.3) is 10.9 Å². The van der Waals surface area contributed by atoms with Gasteiger partial charge in [-0.25, -0.2) is 23.1 Å². The minimum Gasteiger partial charge on any atom is -0.496 e. The molecule has 3 nitrogen and oxygen atoms in total. The number of nitrogens with zero attached hydrogens (tertiary/aromatic N) is 2. The van der Waals surface area contributed by atoms with Crippen molar-refractivity contribution in [3.8, 4) is 5.75 Å². The normalized spacial score (nSPS) is 14.3. The molecule has 0 aliphatic carbocycles. The zero-order chi connectivity index (χ0) is 16.3. The molecule has 1 aromatic heterocycles. The molecule has 0 N–H and O–H groups in total. The maximum Gasteiger partial charge on any atom is 0.160 e. The fraction of sp³-hybridized carbons (Fsp3) is 0.500. The summed E-state index contributed by atoms with van der Waals surface area (Å²) in [7, 11) is 1.49. The Kier molecular flexibility index (Phi) is 5.21. The number of hydrogen-bond acceptors (Lipinski definition) is 3. The third-order valence-electron chi connectivity index (χ3n) is 3.44. The topological polar surface area (TPSA) is 35.0 Å². The summed E-state index contributed by atoms with van der Waals surface area (Å²) in [5.41, 5.74) is 0.950. The van der Waals surface area contributed by atoms with Gasteiger partial charge in [0.05, 0.1) is 23.7 Å². The standard InChI is InChI=1S/C16H19F3N2O/c1-9(2)16-20-12-5-4-6-14(22-3)15(12)13(21-16)7-10(18)11(19)8-17/h4-6,9-11H,7-8H2,1-3H3. The van der Waals surface area contributed by atoms with Crippen LogP contribution in [-0.4, -0.2) is 36.1 Å². The van der Waals surface area contributed by atoms with Crippen molar-refractivity contribution >= 4 is 10.9 Å². The predicted octanol–water partition coefficient (Wildman–Crippen LogP) is 3.95. The second kappa shape index (κ2) is 6.94. The van der Waals surface area contributed by atoms with E-state index in [0.717, 1.165) is 0 Å². The van der Waals surface area contributed by atoms with Crippen LogP contribution >= 0.6 is 0 Å². The lowest BCUT2D eigenvalue weighted by atomic mass is 10.0. The minimum absolute atomic E-state index is 0.0368. The molecule has 2 rings (SSSR count). The van der Waals surface area contributed by atoms with Gasteiger partial charge in [-0.1, -0.05) is 19.9 Å². The van der Waals surface area contributed by atoms with Crippen molar-refractivity contribution in [3.05, 3.63) is 29.7 Å². The molecule has 0 aliphatic heterocycles. The first-order chi connectivity index (χ1) is 10.5. The minimum atomic E-state index is -2.15. The molecule has 1 heterocycles. The first kappa shape index (κ1) is 16.5. The predicted molar refractivity (Wildman–Crippen MR) is 79.7 cm³/mol. The Balaban J connectivity index is 2.57. The summed E-state index contributed by atoms with van der Waals surface area (Å²) >= 11 is 0. The lowest BCUT2D eigenvalue weighted by Gasteiger charge is -2.15. The highest BCUT2D eigenvalue weighted by molar-refractivity contribution is 5.87. The van der Waals surface area contributed by atoms with Gasteiger partial charge in [0.25, 0.3) is 0 Å². The Morgan fingerprint density at radius 2 is 1.86 bits per heavy atom. The van der Waals surface area contributed by atoms with Crippen molar-refractivity contribution in [1.29, 1.82) is 0 Å². The molecular weight excluding hydrogens is 293 g/mol. The second-order valence-electron chi connectivity index (χ2n) is 5.43. The molecule has 0 spiro atoms. The first-order valence-electron chi connectivity index (χ1n) is 7.15. The number of aromatic nitrogens is 2. The van der Waals surface area contributed by atoms with Crippen molar-refractivity contribution in [2.45, 2.75) is 38.5 Å². The van der Waals surface area contributed by atoms with Crippen LogP contribution in [0.4, 0.5) is 13.2 Å². The van der Waals surface area contributed by atoms with Gasteiger partial charge in [-0.15, -0.1) is 0 Å². The number of benzene rings is 1. The van der Waals surface area contributed by atoms with E-state index >= 15 is 0 Å². The number of halogens is 3. The lowest BCUT2D eigenvalue weighted by molar-refractivity contribution is 0.136. The number of alkyl halides is 3. The molecule has 0 saturated heterocycles. The highest BCUT2D eigenvalue weighted by Gasteiger charge is 2.24. The zero-order valence-electron chi connectivity index (χ0n) is 12.8. The number of hydrogen-bond donors (Lipinski definition) is 0. The Morgan fingerprint density at radius 3 is 2.45 bits per heavy atom. The molecule has 0 amide bonds. The Hall–Kier alpha value is -1.85. The highest BCUT2D eigenvalue weighted by Crippen LogP contribution is 2.29. The Bertz CT molecular complexity index is 649. The monoisotopic (exact) mass is 312 g/mol. The zero-order valence-corrected chi connectivity index (χ0v) is 12.8. The van der Waals surface area contributed by atoms with E-state index in [1.165, 1.54) is 7.11 Å².